The Hall–Kier alpha value is -2.44. The third-order valence-electron chi connectivity index (χ3n) is 4.06. The zero-order valence-electron chi connectivity index (χ0n) is 13.6. The molecule has 2 aromatic heterocycles. The lowest BCUT2D eigenvalue weighted by molar-refractivity contribution is 0.397. The lowest BCUT2D eigenvalue weighted by Gasteiger charge is -2.33. The van der Waals surface area contributed by atoms with Gasteiger partial charge in [0.05, 0.1) is 7.11 Å². The summed E-state index contributed by atoms with van der Waals surface area (Å²) in [4.78, 5) is 19.5. The van der Waals surface area contributed by atoms with Crippen LogP contribution in [0.2, 0.25) is 0 Å². The van der Waals surface area contributed by atoms with Crippen LogP contribution in [0.4, 0.5) is 11.8 Å². The Labute approximate surface area is 136 Å². The highest BCUT2D eigenvalue weighted by Gasteiger charge is 2.21. The number of nitrogens with zero attached hydrogens (tertiary/aromatic N) is 5. The smallest absolute Gasteiger partial charge is 0.226 e. The van der Waals surface area contributed by atoms with E-state index in [0.717, 1.165) is 43.9 Å². The average Bonchev–Trinajstić information content (AvgIpc) is 2.62. The van der Waals surface area contributed by atoms with E-state index in [9.17, 15) is 0 Å². The second kappa shape index (κ2) is 7.21. The van der Waals surface area contributed by atoms with Gasteiger partial charge in [0, 0.05) is 43.2 Å². The fraction of sp³-hybridized carbons (Fsp3) is 0.500. The molecule has 1 saturated heterocycles. The molecule has 0 saturated carbocycles. The molecule has 122 valence electrons. The predicted molar refractivity (Wildman–Crippen MR) is 88.9 cm³/mol. The number of aryl methyl sites for hydroxylation is 1. The van der Waals surface area contributed by atoms with Crippen molar-refractivity contribution < 1.29 is 4.74 Å². The molecule has 0 amide bonds. The molecule has 1 N–H and O–H groups in total. The lowest BCUT2D eigenvalue weighted by Crippen LogP contribution is -2.39. The van der Waals surface area contributed by atoms with E-state index < -0.39 is 0 Å². The van der Waals surface area contributed by atoms with Crippen LogP contribution in [0.3, 0.4) is 0 Å². The second-order valence-electron chi connectivity index (χ2n) is 5.55. The highest BCUT2D eigenvalue weighted by atomic mass is 16.5. The third kappa shape index (κ3) is 3.85. The van der Waals surface area contributed by atoms with E-state index in [4.69, 9.17) is 4.74 Å². The summed E-state index contributed by atoms with van der Waals surface area (Å²) < 4.78 is 5.13. The van der Waals surface area contributed by atoms with E-state index in [1.165, 1.54) is 0 Å². The number of aromatic nitrogens is 4. The third-order valence-corrected chi connectivity index (χ3v) is 4.06. The number of piperidine rings is 1. The molecule has 2 aromatic rings. The van der Waals surface area contributed by atoms with Crippen molar-refractivity contribution in [3.63, 3.8) is 0 Å². The van der Waals surface area contributed by atoms with Gasteiger partial charge in [-0.2, -0.15) is 4.98 Å². The fourth-order valence-corrected chi connectivity index (χ4v) is 2.71. The summed E-state index contributed by atoms with van der Waals surface area (Å²) in [6.07, 6.45) is 6.33. The zero-order chi connectivity index (χ0) is 16.1. The largest absolute Gasteiger partial charge is 0.481 e. The Morgan fingerprint density at radius 1 is 1.26 bits per heavy atom. The van der Waals surface area contributed by atoms with E-state index in [0.29, 0.717) is 17.9 Å². The first-order chi connectivity index (χ1) is 11.3. The highest BCUT2D eigenvalue weighted by molar-refractivity contribution is 5.40. The molecule has 7 nitrogen and oxygen atoms in total. The number of ether oxygens (including phenoxy) is 1. The monoisotopic (exact) mass is 314 g/mol. The Morgan fingerprint density at radius 2 is 2.09 bits per heavy atom. The highest BCUT2D eigenvalue weighted by Crippen LogP contribution is 2.20. The summed E-state index contributed by atoms with van der Waals surface area (Å²) >= 11 is 0. The molecular formula is C16H22N6O. The zero-order valence-corrected chi connectivity index (χ0v) is 13.6. The van der Waals surface area contributed by atoms with E-state index in [2.05, 4.69) is 43.1 Å². The van der Waals surface area contributed by atoms with Crippen molar-refractivity contribution in [3.8, 4) is 5.88 Å². The first kappa shape index (κ1) is 15.5. The first-order valence-electron chi connectivity index (χ1n) is 7.98. The van der Waals surface area contributed by atoms with Crippen LogP contribution >= 0.6 is 0 Å². The Bertz CT molecular complexity index is 642. The van der Waals surface area contributed by atoms with Crippen LogP contribution in [0.25, 0.3) is 0 Å². The van der Waals surface area contributed by atoms with E-state index >= 15 is 0 Å². The SMILES string of the molecule is CCc1cc(N2CCC(Nc3nccc(OC)n3)CC2)ncn1. The van der Waals surface area contributed by atoms with Crippen molar-refractivity contribution in [2.75, 3.05) is 30.4 Å². The summed E-state index contributed by atoms with van der Waals surface area (Å²) in [7, 11) is 1.61. The van der Waals surface area contributed by atoms with Crippen LogP contribution in [0, 0.1) is 0 Å². The van der Waals surface area contributed by atoms with Crippen LogP contribution in [0.5, 0.6) is 5.88 Å². The molecule has 0 spiro atoms. The molecule has 0 unspecified atom stereocenters. The molecule has 1 aliphatic heterocycles. The minimum Gasteiger partial charge on any atom is -0.481 e. The van der Waals surface area contributed by atoms with E-state index in [1.807, 2.05) is 0 Å². The fourth-order valence-electron chi connectivity index (χ4n) is 2.71. The number of hydrogen-bond donors (Lipinski definition) is 1. The van der Waals surface area contributed by atoms with Crippen LogP contribution in [0.1, 0.15) is 25.5 Å². The molecule has 0 bridgehead atoms. The van der Waals surface area contributed by atoms with Crippen molar-refractivity contribution in [1.82, 2.24) is 19.9 Å². The predicted octanol–water partition coefficient (Wildman–Crippen LogP) is 1.92. The second-order valence-corrected chi connectivity index (χ2v) is 5.55. The molecule has 3 heterocycles. The molecule has 0 aromatic carbocycles. The average molecular weight is 314 g/mol. The number of rotatable bonds is 5. The normalized spacial score (nSPS) is 15.5. The van der Waals surface area contributed by atoms with Gasteiger partial charge in [-0.1, -0.05) is 6.92 Å². The van der Waals surface area contributed by atoms with E-state index in [1.54, 1.807) is 25.7 Å². The summed E-state index contributed by atoms with van der Waals surface area (Å²) in [6.45, 7) is 4.03. The molecule has 0 radical (unpaired) electrons. The van der Waals surface area contributed by atoms with Crippen molar-refractivity contribution in [2.24, 2.45) is 0 Å². The molecule has 23 heavy (non-hydrogen) atoms. The maximum absolute atomic E-state index is 5.13. The molecule has 0 atom stereocenters. The van der Waals surface area contributed by atoms with Crippen LogP contribution < -0.4 is 15.0 Å². The van der Waals surface area contributed by atoms with Crippen molar-refractivity contribution >= 4 is 11.8 Å². The van der Waals surface area contributed by atoms with Gasteiger partial charge in [-0.3, -0.25) is 0 Å². The topological polar surface area (TPSA) is 76.1 Å². The molecule has 3 rings (SSSR count). The minimum atomic E-state index is 0.367. The number of anilines is 2. The van der Waals surface area contributed by atoms with Gasteiger partial charge < -0.3 is 15.0 Å². The first-order valence-corrected chi connectivity index (χ1v) is 7.98. The van der Waals surface area contributed by atoms with Gasteiger partial charge in [0.1, 0.15) is 12.1 Å². The van der Waals surface area contributed by atoms with Gasteiger partial charge in [0.25, 0.3) is 0 Å². The van der Waals surface area contributed by atoms with Gasteiger partial charge >= 0.3 is 0 Å². The van der Waals surface area contributed by atoms with Gasteiger partial charge in [-0.05, 0) is 19.3 Å². The van der Waals surface area contributed by atoms with Gasteiger partial charge in [-0.25, -0.2) is 15.0 Å². The van der Waals surface area contributed by atoms with Crippen molar-refractivity contribution in [3.05, 3.63) is 30.4 Å². The quantitative estimate of drug-likeness (QED) is 0.903. The van der Waals surface area contributed by atoms with Gasteiger partial charge in [-0.15, -0.1) is 0 Å². The Kier molecular flexibility index (Phi) is 4.85. The lowest BCUT2D eigenvalue weighted by atomic mass is 10.1. The number of methoxy groups -OCH3 is 1. The van der Waals surface area contributed by atoms with Crippen LogP contribution in [-0.4, -0.2) is 46.2 Å². The molecule has 1 aliphatic rings. The standard InChI is InChI=1S/C16H22N6O/c1-3-12-10-14(19-11-18-12)22-8-5-13(6-9-22)20-16-17-7-4-15(21-16)23-2/h4,7,10-11,13H,3,5-6,8-9H2,1-2H3,(H,17,20,21). The Morgan fingerprint density at radius 3 is 2.83 bits per heavy atom. The van der Waals surface area contributed by atoms with Crippen LogP contribution in [0.15, 0.2) is 24.7 Å². The number of hydrogen-bond acceptors (Lipinski definition) is 7. The molecular weight excluding hydrogens is 292 g/mol. The maximum Gasteiger partial charge on any atom is 0.226 e. The molecule has 1 fully saturated rings. The van der Waals surface area contributed by atoms with Crippen molar-refractivity contribution in [1.29, 1.82) is 0 Å². The maximum atomic E-state index is 5.13. The van der Waals surface area contributed by atoms with Crippen LogP contribution in [-0.2, 0) is 6.42 Å². The van der Waals surface area contributed by atoms with Crippen molar-refractivity contribution in [2.45, 2.75) is 32.2 Å². The van der Waals surface area contributed by atoms with Gasteiger partial charge in [0.2, 0.25) is 11.8 Å². The summed E-state index contributed by atoms with van der Waals surface area (Å²) in [5, 5.41) is 3.39. The summed E-state index contributed by atoms with van der Waals surface area (Å²) in [6, 6.07) is 4.19. The number of nitrogens with one attached hydrogen (secondary N) is 1. The van der Waals surface area contributed by atoms with Gasteiger partial charge in [0.15, 0.2) is 0 Å². The minimum absolute atomic E-state index is 0.367. The van der Waals surface area contributed by atoms with E-state index in [-0.39, 0.29) is 0 Å². The summed E-state index contributed by atoms with van der Waals surface area (Å²) in [5.74, 6) is 2.22. The summed E-state index contributed by atoms with van der Waals surface area (Å²) in [5.41, 5.74) is 1.08. The Balaban J connectivity index is 1.57. The molecule has 0 aliphatic carbocycles. The molecule has 7 heteroatoms.